The van der Waals surface area contributed by atoms with Gasteiger partial charge in [0.05, 0.1) is 26.4 Å². The Labute approximate surface area is 404 Å². The lowest BCUT2D eigenvalue weighted by Gasteiger charge is -2.42. The van der Waals surface area contributed by atoms with E-state index in [-0.39, 0.29) is 25.6 Å². The molecule has 0 aromatic rings. The van der Waals surface area contributed by atoms with Crippen molar-refractivity contribution in [2.24, 2.45) is 0 Å². The highest BCUT2D eigenvalue weighted by atomic mass is 16.7. The molecule has 67 heavy (non-hydrogen) atoms. The summed E-state index contributed by atoms with van der Waals surface area (Å²) >= 11 is 0. The van der Waals surface area contributed by atoms with Crippen LogP contribution in [-0.4, -0.2) is 142 Å². The standard InChI is InChI=1S/C53H96O14/c1-3-5-7-9-11-13-15-16-17-18-19-20-21-22-23-24-25-27-29-31-33-35-37-62-39-42(65-45(55)36-34-32-30-28-26-14-12-10-8-6-4-2)40-63-52-51(61)49(59)47(57)44(67-52)41-64-53-50(60)48(58)46(56)43(38-54)66-53/h15-16,18-19,21-22,42-44,46-54,56-61H,3-14,17,20,23-41H2,1-2H3/b16-15-,19-18-,22-21-. The van der Waals surface area contributed by atoms with Crippen LogP contribution in [0.5, 0.6) is 0 Å². The van der Waals surface area contributed by atoms with Crippen molar-refractivity contribution >= 4 is 5.97 Å². The van der Waals surface area contributed by atoms with Gasteiger partial charge in [0.1, 0.15) is 54.9 Å². The number of aliphatic hydroxyl groups excluding tert-OH is 7. The summed E-state index contributed by atoms with van der Waals surface area (Å²) in [6, 6.07) is 0. The third-order valence-corrected chi connectivity index (χ3v) is 12.7. The fraction of sp³-hybridized carbons (Fsp3) is 0.868. The van der Waals surface area contributed by atoms with Crippen molar-refractivity contribution in [2.75, 3.05) is 33.0 Å². The molecule has 0 aromatic carbocycles. The number of rotatable bonds is 42. The lowest BCUT2D eigenvalue weighted by atomic mass is 9.98. The van der Waals surface area contributed by atoms with Crippen LogP contribution in [0.25, 0.3) is 0 Å². The molecule has 0 bridgehead atoms. The van der Waals surface area contributed by atoms with E-state index < -0.39 is 80.7 Å². The summed E-state index contributed by atoms with van der Waals surface area (Å²) in [6.07, 6.45) is 29.2. The van der Waals surface area contributed by atoms with Gasteiger partial charge in [-0.2, -0.15) is 0 Å². The van der Waals surface area contributed by atoms with Gasteiger partial charge >= 0.3 is 5.97 Å². The third kappa shape index (κ3) is 28.6. The first-order valence-corrected chi connectivity index (χ1v) is 26.6. The molecule has 0 radical (unpaired) electrons. The molecule has 11 unspecified atom stereocenters. The van der Waals surface area contributed by atoms with Crippen LogP contribution in [0.2, 0.25) is 0 Å². The molecule has 0 aliphatic carbocycles. The van der Waals surface area contributed by atoms with Crippen LogP contribution in [0.4, 0.5) is 0 Å². The third-order valence-electron chi connectivity index (χ3n) is 12.7. The molecule has 0 aromatic heterocycles. The van der Waals surface area contributed by atoms with Crippen molar-refractivity contribution < 1.29 is 69.0 Å². The van der Waals surface area contributed by atoms with Gasteiger partial charge in [-0.25, -0.2) is 0 Å². The van der Waals surface area contributed by atoms with Gasteiger partial charge in [0.2, 0.25) is 0 Å². The molecule has 2 saturated heterocycles. The van der Waals surface area contributed by atoms with Gasteiger partial charge in [-0.1, -0.05) is 172 Å². The highest BCUT2D eigenvalue weighted by molar-refractivity contribution is 5.69. The zero-order valence-corrected chi connectivity index (χ0v) is 41.6. The Kier molecular flexibility index (Phi) is 37.4. The van der Waals surface area contributed by atoms with Crippen LogP contribution >= 0.6 is 0 Å². The number of ether oxygens (including phenoxy) is 6. The molecular formula is C53H96O14. The smallest absolute Gasteiger partial charge is 0.306 e. The number of unbranched alkanes of at least 4 members (excludes halogenated alkanes) is 22. The quantitative estimate of drug-likeness (QED) is 0.0175. The minimum absolute atomic E-state index is 0.0568. The fourth-order valence-electron chi connectivity index (χ4n) is 8.29. The molecule has 2 aliphatic rings. The van der Waals surface area contributed by atoms with Crippen molar-refractivity contribution in [3.05, 3.63) is 36.5 Å². The average molecular weight is 957 g/mol. The molecular weight excluding hydrogens is 861 g/mol. The van der Waals surface area contributed by atoms with E-state index in [0.29, 0.717) is 13.0 Å². The molecule has 0 amide bonds. The van der Waals surface area contributed by atoms with Gasteiger partial charge in [0.25, 0.3) is 0 Å². The Balaban J connectivity index is 1.73. The minimum atomic E-state index is -1.71. The molecule has 14 heteroatoms. The van der Waals surface area contributed by atoms with E-state index in [0.717, 1.165) is 57.8 Å². The summed E-state index contributed by atoms with van der Waals surface area (Å²) in [7, 11) is 0. The van der Waals surface area contributed by atoms with Crippen LogP contribution in [0.3, 0.4) is 0 Å². The molecule has 2 heterocycles. The zero-order chi connectivity index (χ0) is 48.7. The topological polar surface area (TPSA) is 214 Å². The number of hydrogen-bond donors (Lipinski definition) is 7. The molecule has 0 spiro atoms. The molecule has 7 N–H and O–H groups in total. The van der Waals surface area contributed by atoms with E-state index in [1.165, 1.54) is 109 Å². The maximum atomic E-state index is 13.0. The van der Waals surface area contributed by atoms with Crippen LogP contribution < -0.4 is 0 Å². The van der Waals surface area contributed by atoms with Crippen molar-refractivity contribution in [3.63, 3.8) is 0 Å². The largest absolute Gasteiger partial charge is 0.457 e. The first-order valence-electron chi connectivity index (χ1n) is 26.6. The summed E-state index contributed by atoms with van der Waals surface area (Å²) < 4.78 is 34.3. The van der Waals surface area contributed by atoms with Crippen molar-refractivity contribution in [2.45, 2.75) is 261 Å². The van der Waals surface area contributed by atoms with Gasteiger partial charge < -0.3 is 64.2 Å². The van der Waals surface area contributed by atoms with Crippen LogP contribution in [0, 0.1) is 0 Å². The average Bonchev–Trinajstić information content (AvgIpc) is 3.32. The first kappa shape index (κ1) is 61.3. The van der Waals surface area contributed by atoms with E-state index in [1.54, 1.807) is 0 Å². The number of hydrogen-bond acceptors (Lipinski definition) is 14. The number of aliphatic hydroxyl groups is 7. The lowest BCUT2D eigenvalue weighted by molar-refractivity contribution is -0.332. The Hall–Kier alpha value is -1.79. The summed E-state index contributed by atoms with van der Waals surface area (Å²) in [5, 5.41) is 72.1. The van der Waals surface area contributed by atoms with E-state index in [1.807, 2.05) is 0 Å². The highest BCUT2D eigenvalue weighted by Gasteiger charge is 2.47. The van der Waals surface area contributed by atoms with E-state index in [2.05, 4.69) is 50.3 Å². The summed E-state index contributed by atoms with van der Waals surface area (Å²) in [6.45, 7) is 3.65. The highest BCUT2D eigenvalue weighted by Crippen LogP contribution is 2.26. The minimum Gasteiger partial charge on any atom is -0.457 e. The zero-order valence-electron chi connectivity index (χ0n) is 41.6. The van der Waals surface area contributed by atoms with E-state index >= 15 is 0 Å². The van der Waals surface area contributed by atoms with Gasteiger partial charge in [-0.15, -0.1) is 0 Å². The lowest BCUT2D eigenvalue weighted by Crippen LogP contribution is -2.61. The molecule has 392 valence electrons. The molecule has 2 fully saturated rings. The Bertz CT molecular complexity index is 1250. The van der Waals surface area contributed by atoms with Gasteiger partial charge in [0.15, 0.2) is 12.6 Å². The molecule has 14 nitrogen and oxygen atoms in total. The van der Waals surface area contributed by atoms with Crippen molar-refractivity contribution in [3.8, 4) is 0 Å². The molecule has 2 aliphatic heterocycles. The van der Waals surface area contributed by atoms with Gasteiger partial charge in [0, 0.05) is 13.0 Å². The number of carbonyl (C=O) groups is 1. The number of esters is 1. The number of carbonyl (C=O) groups excluding carboxylic acids is 1. The molecule has 0 saturated carbocycles. The first-order chi connectivity index (χ1) is 32.6. The normalized spacial score (nSPS) is 26.3. The van der Waals surface area contributed by atoms with E-state index in [9.17, 15) is 40.5 Å². The SMILES string of the molecule is CCCCCCC/C=C\C/C=C\C/C=C\CCCCCCCCCOCC(COC1OC(COC2OC(CO)C(O)C(O)C2O)C(O)C(O)C1O)OC(=O)CCCCCCCCCCCCC. The van der Waals surface area contributed by atoms with E-state index in [4.69, 9.17) is 28.4 Å². The van der Waals surface area contributed by atoms with Crippen molar-refractivity contribution in [1.82, 2.24) is 0 Å². The Morgan fingerprint density at radius 3 is 1.45 bits per heavy atom. The summed E-state index contributed by atoms with van der Waals surface area (Å²) in [4.78, 5) is 13.0. The second-order valence-electron chi connectivity index (χ2n) is 18.7. The Morgan fingerprint density at radius 1 is 0.493 bits per heavy atom. The van der Waals surface area contributed by atoms with Gasteiger partial charge in [-0.3, -0.25) is 4.79 Å². The fourth-order valence-corrected chi connectivity index (χ4v) is 8.29. The second kappa shape index (κ2) is 40.9. The van der Waals surface area contributed by atoms with Crippen LogP contribution in [-0.2, 0) is 33.2 Å². The van der Waals surface area contributed by atoms with Crippen molar-refractivity contribution in [1.29, 1.82) is 0 Å². The predicted octanol–water partition coefficient (Wildman–Crippen LogP) is 8.19. The Morgan fingerprint density at radius 2 is 0.925 bits per heavy atom. The van der Waals surface area contributed by atoms with Gasteiger partial charge in [-0.05, 0) is 51.4 Å². The van der Waals surface area contributed by atoms with Crippen LogP contribution in [0.1, 0.15) is 194 Å². The molecule has 11 atom stereocenters. The number of allylic oxidation sites excluding steroid dienone is 6. The monoisotopic (exact) mass is 957 g/mol. The maximum absolute atomic E-state index is 13.0. The summed E-state index contributed by atoms with van der Waals surface area (Å²) in [5.41, 5.74) is 0. The maximum Gasteiger partial charge on any atom is 0.306 e. The summed E-state index contributed by atoms with van der Waals surface area (Å²) in [5.74, 6) is -0.381. The second-order valence-corrected chi connectivity index (χ2v) is 18.7. The van der Waals surface area contributed by atoms with Crippen LogP contribution in [0.15, 0.2) is 36.5 Å². The molecule has 2 rings (SSSR count). The predicted molar refractivity (Wildman–Crippen MR) is 261 cm³/mol.